The molecule has 0 saturated heterocycles. The van der Waals surface area contributed by atoms with Crippen molar-refractivity contribution in [3.05, 3.63) is 70.3 Å². The topological polar surface area (TPSA) is 138 Å². The van der Waals surface area contributed by atoms with Crippen molar-refractivity contribution in [3.8, 4) is 22.9 Å². The molecule has 0 saturated carbocycles. The van der Waals surface area contributed by atoms with Gasteiger partial charge in [-0.2, -0.15) is 18.4 Å². The highest BCUT2D eigenvalue weighted by Crippen LogP contribution is 2.42. The number of anilines is 1. The number of carboxylic acids is 1. The number of carboxylic acid groups (broad SMARTS) is 1. The summed E-state index contributed by atoms with van der Waals surface area (Å²) >= 11 is 6.27. The summed E-state index contributed by atoms with van der Waals surface area (Å²) < 4.78 is 51.9. The summed E-state index contributed by atoms with van der Waals surface area (Å²) in [6, 6.07) is 9.94. The molecule has 13 heteroatoms. The number of carbonyl (C=O) groups is 2. The van der Waals surface area contributed by atoms with Crippen LogP contribution < -0.4 is 10.1 Å². The fourth-order valence-electron chi connectivity index (χ4n) is 3.79. The number of rotatable bonds is 8. The first kappa shape index (κ1) is 26.4. The molecule has 2 N–H and O–H groups in total. The third-order valence-corrected chi connectivity index (χ3v) is 5.71. The summed E-state index contributed by atoms with van der Waals surface area (Å²) in [5, 5.41) is 21.1. The highest BCUT2D eigenvalue weighted by Gasteiger charge is 2.37. The number of para-hydroxylation sites is 1. The molecule has 4 aromatic rings. The Morgan fingerprint density at radius 2 is 2.03 bits per heavy atom. The maximum Gasteiger partial charge on any atom is 0.434 e. The number of Topliss-reactive ketones (excluding diaryl/α,β-unsaturated/α-hetero) is 1. The maximum absolute atomic E-state index is 13.7. The molecule has 0 atom stereocenters. The van der Waals surface area contributed by atoms with Gasteiger partial charge in [-0.25, -0.2) is 4.98 Å². The zero-order chi connectivity index (χ0) is 27.6. The van der Waals surface area contributed by atoms with Gasteiger partial charge in [0.05, 0.1) is 41.6 Å². The van der Waals surface area contributed by atoms with Gasteiger partial charge in [-0.3, -0.25) is 14.6 Å². The van der Waals surface area contributed by atoms with Gasteiger partial charge in [0.25, 0.3) is 0 Å². The van der Waals surface area contributed by atoms with E-state index >= 15 is 0 Å². The second-order valence-electron chi connectivity index (χ2n) is 7.83. The largest absolute Gasteiger partial charge is 0.496 e. The Morgan fingerprint density at radius 1 is 1.26 bits per heavy atom. The second kappa shape index (κ2) is 10.4. The van der Waals surface area contributed by atoms with Crippen LogP contribution in [0.1, 0.15) is 27.5 Å². The summed E-state index contributed by atoms with van der Waals surface area (Å²) in [7, 11) is 1.26. The number of aromatic nitrogens is 2. The number of ketones is 1. The lowest BCUT2D eigenvalue weighted by Crippen LogP contribution is -2.16. The number of carbonyl (C=O) groups excluding carboxylic acids is 1. The molecule has 0 aliphatic heterocycles. The van der Waals surface area contributed by atoms with Gasteiger partial charge in [-0.1, -0.05) is 17.7 Å². The fourth-order valence-corrected chi connectivity index (χ4v) is 4.03. The number of nitriles is 1. The van der Waals surface area contributed by atoms with Crippen molar-refractivity contribution in [2.24, 2.45) is 0 Å². The molecule has 0 spiro atoms. The number of methoxy groups -OCH3 is 1. The average Bonchev–Trinajstić information content (AvgIpc) is 3.28. The zero-order valence-corrected chi connectivity index (χ0v) is 20.1. The summed E-state index contributed by atoms with van der Waals surface area (Å²) in [5.74, 6) is -1.74. The summed E-state index contributed by atoms with van der Waals surface area (Å²) in [5.41, 5.74) is -1.60. The van der Waals surface area contributed by atoms with Gasteiger partial charge in [0.15, 0.2) is 17.1 Å². The molecule has 4 rings (SSSR count). The Kier molecular flexibility index (Phi) is 7.23. The van der Waals surface area contributed by atoms with E-state index in [9.17, 15) is 28.0 Å². The van der Waals surface area contributed by atoms with Crippen LogP contribution in [0.25, 0.3) is 22.2 Å². The first-order valence-corrected chi connectivity index (χ1v) is 11.1. The molecular weight excluding hydrogens is 529 g/mol. The lowest BCUT2D eigenvalue weighted by molar-refractivity contribution is -0.140. The molecule has 0 bridgehead atoms. The lowest BCUT2D eigenvalue weighted by atomic mass is 9.95. The number of nitrogens with one attached hydrogen (secondary N) is 1. The van der Waals surface area contributed by atoms with E-state index in [1.165, 1.54) is 13.2 Å². The molecule has 2 aromatic carbocycles. The standard InChI is InChI=1S/C25H16ClF3N4O5/c1-37-19-8-15(26)13(22-12(10-30)5-6-31-24(22)25(27,28)29)7-14(19)18(34)11-32-16-3-2-4-17-23(16)38-20(33-17)9-21(35)36/h2-8,32H,9,11H2,1H3,(H,35,36). The normalized spacial score (nSPS) is 11.3. The number of alkyl halides is 3. The number of halogens is 4. The zero-order valence-electron chi connectivity index (χ0n) is 19.4. The number of oxazole rings is 1. The van der Waals surface area contributed by atoms with Crippen molar-refractivity contribution in [2.45, 2.75) is 12.6 Å². The molecule has 0 aliphatic carbocycles. The second-order valence-corrected chi connectivity index (χ2v) is 8.24. The Morgan fingerprint density at radius 3 is 2.68 bits per heavy atom. The Hall–Kier alpha value is -4.63. The monoisotopic (exact) mass is 544 g/mol. The fraction of sp³-hybridized carbons (Fsp3) is 0.160. The highest BCUT2D eigenvalue weighted by atomic mass is 35.5. The van der Waals surface area contributed by atoms with Gasteiger partial charge in [0.1, 0.15) is 17.7 Å². The number of ether oxygens (including phenoxy) is 1. The van der Waals surface area contributed by atoms with Crippen LogP contribution in [-0.2, 0) is 17.4 Å². The van der Waals surface area contributed by atoms with Crippen LogP contribution in [0, 0.1) is 11.3 Å². The average molecular weight is 545 g/mol. The van der Waals surface area contributed by atoms with Crippen molar-refractivity contribution in [1.29, 1.82) is 5.26 Å². The first-order chi connectivity index (χ1) is 18.0. The maximum atomic E-state index is 13.7. The van der Waals surface area contributed by atoms with Gasteiger partial charge in [-0.05, 0) is 24.3 Å². The number of benzene rings is 2. The quantitative estimate of drug-likeness (QED) is 0.280. The number of hydrogen-bond acceptors (Lipinski definition) is 8. The number of fused-ring (bicyclic) bond motifs is 1. The smallest absolute Gasteiger partial charge is 0.434 e. The summed E-state index contributed by atoms with van der Waals surface area (Å²) in [6.45, 7) is -0.351. The Labute approximate surface area is 217 Å². The van der Waals surface area contributed by atoms with Gasteiger partial charge >= 0.3 is 12.1 Å². The molecule has 0 unspecified atom stereocenters. The van der Waals surface area contributed by atoms with E-state index < -0.39 is 35.6 Å². The summed E-state index contributed by atoms with van der Waals surface area (Å²) in [4.78, 5) is 31.7. The van der Waals surface area contributed by atoms with E-state index in [1.807, 2.05) is 0 Å². The van der Waals surface area contributed by atoms with E-state index in [1.54, 1.807) is 24.3 Å². The highest BCUT2D eigenvalue weighted by molar-refractivity contribution is 6.34. The van der Waals surface area contributed by atoms with Crippen molar-refractivity contribution >= 4 is 40.1 Å². The molecule has 2 aromatic heterocycles. The van der Waals surface area contributed by atoms with Gasteiger partial charge < -0.3 is 19.6 Å². The van der Waals surface area contributed by atoms with E-state index in [0.717, 1.165) is 18.3 Å². The predicted molar refractivity (Wildman–Crippen MR) is 129 cm³/mol. The number of hydrogen-bond donors (Lipinski definition) is 2. The molecule has 38 heavy (non-hydrogen) atoms. The number of pyridine rings is 1. The van der Waals surface area contributed by atoms with Crippen LogP contribution >= 0.6 is 11.6 Å². The molecular formula is C25H16ClF3N4O5. The predicted octanol–water partition coefficient (Wildman–Crippen LogP) is 5.36. The van der Waals surface area contributed by atoms with Crippen molar-refractivity contribution in [3.63, 3.8) is 0 Å². The van der Waals surface area contributed by atoms with E-state index in [0.29, 0.717) is 11.2 Å². The van der Waals surface area contributed by atoms with Gasteiger partial charge in [0, 0.05) is 23.4 Å². The van der Waals surface area contributed by atoms with Crippen molar-refractivity contribution in [2.75, 3.05) is 19.0 Å². The van der Waals surface area contributed by atoms with Gasteiger partial charge in [0.2, 0.25) is 5.89 Å². The number of nitrogens with zero attached hydrogens (tertiary/aromatic N) is 3. The third-order valence-electron chi connectivity index (χ3n) is 5.40. The van der Waals surface area contributed by atoms with Crippen LogP contribution in [0.5, 0.6) is 5.75 Å². The van der Waals surface area contributed by atoms with E-state index in [-0.39, 0.29) is 45.5 Å². The van der Waals surface area contributed by atoms with E-state index in [4.69, 9.17) is 25.9 Å². The first-order valence-electron chi connectivity index (χ1n) is 10.7. The minimum absolute atomic E-state index is 0.00289. The molecule has 2 heterocycles. The van der Waals surface area contributed by atoms with Gasteiger partial charge in [-0.15, -0.1) is 0 Å². The molecule has 0 radical (unpaired) electrons. The Balaban J connectivity index is 1.72. The molecule has 0 aliphatic rings. The van der Waals surface area contributed by atoms with Crippen molar-refractivity contribution < 1.29 is 37.0 Å². The van der Waals surface area contributed by atoms with Crippen LogP contribution in [0.15, 0.2) is 47.0 Å². The molecule has 194 valence electrons. The number of aliphatic carboxylic acids is 1. The third kappa shape index (κ3) is 5.23. The van der Waals surface area contributed by atoms with Crippen LogP contribution in [-0.4, -0.2) is 40.5 Å². The van der Waals surface area contributed by atoms with Crippen LogP contribution in [0.2, 0.25) is 5.02 Å². The minimum Gasteiger partial charge on any atom is -0.496 e. The Bertz CT molecular complexity index is 1610. The SMILES string of the molecule is COc1cc(Cl)c(-c2c(C#N)ccnc2C(F)(F)F)cc1C(=O)CNc1cccc2nc(CC(=O)O)oc12. The van der Waals surface area contributed by atoms with E-state index in [2.05, 4.69) is 15.3 Å². The van der Waals surface area contributed by atoms with Crippen LogP contribution in [0.4, 0.5) is 18.9 Å². The lowest BCUT2D eigenvalue weighted by Gasteiger charge is -2.17. The van der Waals surface area contributed by atoms with Crippen molar-refractivity contribution in [1.82, 2.24) is 9.97 Å². The minimum atomic E-state index is -4.90. The molecule has 0 amide bonds. The molecule has 0 fully saturated rings. The molecule has 9 nitrogen and oxygen atoms in total. The van der Waals surface area contributed by atoms with Crippen LogP contribution in [0.3, 0.4) is 0 Å². The summed E-state index contributed by atoms with van der Waals surface area (Å²) in [6.07, 6.45) is -4.46.